The molecule has 1 saturated carbocycles. The Morgan fingerprint density at radius 3 is 2.79 bits per heavy atom. The molecule has 5 heteroatoms. The molecule has 1 aliphatic rings. The molecule has 19 heavy (non-hydrogen) atoms. The predicted molar refractivity (Wildman–Crippen MR) is 76.6 cm³/mol. The highest BCUT2D eigenvalue weighted by atomic mass is 32.2. The maximum absolute atomic E-state index is 13.2. The second-order valence-corrected chi connectivity index (χ2v) is 5.92. The van der Waals surface area contributed by atoms with Crippen molar-refractivity contribution in [3.8, 4) is 0 Å². The van der Waals surface area contributed by atoms with Gasteiger partial charge in [0.15, 0.2) is 0 Å². The van der Waals surface area contributed by atoms with Gasteiger partial charge in [0, 0.05) is 10.9 Å². The molecule has 1 aromatic rings. The van der Waals surface area contributed by atoms with E-state index in [0.29, 0.717) is 11.8 Å². The van der Waals surface area contributed by atoms with E-state index in [9.17, 15) is 9.18 Å². The summed E-state index contributed by atoms with van der Waals surface area (Å²) in [6, 6.07) is 4.95. The average Bonchev–Trinajstić information content (AvgIpc) is 2.41. The number of nitrogens with two attached hydrogens (primary N) is 1. The molecule has 3 nitrogen and oxygen atoms in total. The molecule has 2 rings (SSSR count). The molecule has 104 valence electrons. The van der Waals surface area contributed by atoms with Gasteiger partial charge in [-0.2, -0.15) is 0 Å². The van der Waals surface area contributed by atoms with Crippen LogP contribution in [0.4, 0.5) is 10.1 Å². The fourth-order valence-electron chi connectivity index (χ4n) is 2.26. The molecule has 3 N–H and O–H groups in total. The van der Waals surface area contributed by atoms with E-state index in [1.165, 1.54) is 43.2 Å². The van der Waals surface area contributed by atoms with Crippen LogP contribution in [0.25, 0.3) is 0 Å². The minimum atomic E-state index is -0.433. The maximum Gasteiger partial charge on any atom is 0.230 e. The van der Waals surface area contributed by atoms with E-state index in [2.05, 4.69) is 5.32 Å². The standard InChI is InChI=1S/C14H19FN2OS/c15-12-8-11(6-7-13(12)16)19-9-14(18)17-10-4-2-1-3-5-10/h6-8,10H,1-5,9,16H2,(H,17,18). The summed E-state index contributed by atoms with van der Waals surface area (Å²) in [5.41, 5.74) is 5.54. The minimum absolute atomic E-state index is 0.0223. The number of carbonyl (C=O) groups excluding carboxylic acids is 1. The number of hydrogen-bond donors (Lipinski definition) is 2. The molecule has 1 aliphatic carbocycles. The van der Waals surface area contributed by atoms with Crippen LogP contribution in [-0.4, -0.2) is 17.7 Å². The highest BCUT2D eigenvalue weighted by Gasteiger charge is 2.15. The molecule has 0 bridgehead atoms. The van der Waals surface area contributed by atoms with Crippen LogP contribution in [0.3, 0.4) is 0 Å². The fourth-order valence-corrected chi connectivity index (χ4v) is 2.99. The van der Waals surface area contributed by atoms with E-state index in [1.54, 1.807) is 6.07 Å². The van der Waals surface area contributed by atoms with Crippen molar-refractivity contribution >= 4 is 23.4 Å². The summed E-state index contributed by atoms with van der Waals surface area (Å²) >= 11 is 1.33. The smallest absolute Gasteiger partial charge is 0.230 e. The van der Waals surface area contributed by atoms with Crippen LogP contribution in [0.5, 0.6) is 0 Å². The second kappa shape index (κ2) is 6.80. The van der Waals surface area contributed by atoms with Crippen molar-refractivity contribution in [3.63, 3.8) is 0 Å². The molecule has 0 radical (unpaired) electrons. The van der Waals surface area contributed by atoms with Crippen molar-refractivity contribution in [2.45, 2.75) is 43.0 Å². The number of rotatable bonds is 4. The normalized spacial score (nSPS) is 16.3. The first-order chi connectivity index (χ1) is 9.15. The van der Waals surface area contributed by atoms with Crippen LogP contribution in [0.15, 0.2) is 23.1 Å². The largest absolute Gasteiger partial charge is 0.396 e. The van der Waals surface area contributed by atoms with Crippen molar-refractivity contribution in [2.75, 3.05) is 11.5 Å². The number of thioether (sulfide) groups is 1. The average molecular weight is 282 g/mol. The Balaban J connectivity index is 1.77. The minimum Gasteiger partial charge on any atom is -0.396 e. The van der Waals surface area contributed by atoms with E-state index >= 15 is 0 Å². The molecule has 0 spiro atoms. The fraction of sp³-hybridized carbons (Fsp3) is 0.500. The van der Waals surface area contributed by atoms with Crippen molar-refractivity contribution in [1.82, 2.24) is 5.32 Å². The lowest BCUT2D eigenvalue weighted by atomic mass is 9.95. The molecule has 0 aliphatic heterocycles. The first-order valence-electron chi connectivity index (χ1n) is 6.62. The Morgan fingerprint density at radius 2 is 2.11 bits per heavy atom. The van der Waals surface area contributed by atoms with Crippen molar-refractivity contribution in [1.29, 1.82) is 0 Å². The number of nitrogens with one attached hydrogen (secondary N) is 1. The van der Waals surface area contributed by atoms with Gasteiger partial charge < -0.3 is 11.1 Å². The van der Waals surface area contributed by atoms with E-state index in [0.717, 1.165) is 17.7 Å². The molecule has 0 atom stereocenters. The number of anilines is 1. The van der Waals surface area contributed by atoms with Gasteiger partial charge in [0.1, 0.15) is 5.82 Å². The Labute approximate surface area is 117 Å². The van der Waals surface area contributed by atoms with Crippen LogP contribution in [0.2, 0.25) is 0 Å². The monoisotopic (exact) mass is 282 g/mol. The summed E-state index contributed by atoms with van der Waals surface area (Å²) in [5, 5.41) is 3.04. The molecule has 0 heterocycles. The molecule has 1 fully saturated rings. The van der Waals surface area contributed by atoms with Crippen molar-refractivity contribution < 1.29 is 9.18 Å². The number of benzene rings is 1. The highest BCUT2D eigenvalue weighted by molar-refractivity contribution is 8.00. The van der Waals surface area contributed by atoms with E-state index < -0.39 is 5.82 Å². The van der Waals surface area contributed by atoms with Gasteiger partial charge in [-0.05, 0) is 31.0 Å². The van der Waals surface area contributed by atoms with Gasteiger partial charge >= 0.3 is 0 Å². The number of amides is 1. The SMILES string of the molecule is Nc1ccc(SCC(=O)NC2CCCCC2)cc1F. The molecule has 0 saturated heterocycles. The summed E-state index contributed by atoms with van der Waals surface area (Å²) in [5.74, 6) is -0.0910. The number of nitrogen functional groups attached to an aromatic ring is 1. The van der Waals surface area contributed by atoms with E-state index in [4.69, 9.17) is 5.73 Å². The molecule has 1 aromatic carbocycles. The summed E-state index contributed by atoms with van der Waals surface area (Å²) < 4.78 is 13.2. The lowest BCUT2D eigenvalue weighted by Gasteiger charge is -2.22. The van der Waals surface area contributed by atoms with Gasteiger partial charge in [-0.25, -0.2) is 4.39 Å². The Kier molecular flexibility index (Phi) is 5.07. The Bertz CT molecular complexity index is 447. The van der Waals surface area contributed by atoms with Gasteiger partial charge in [0.2, 0.25) is 5.91 Å². The predicted octanol–water partition coefficient (Wildman–Crippen LogP) is 2.95. The number of hydrogen-bond acceptors (Lipinski definition) is 3. The maximum atomic E-state index is 13.2. The topological polar surface area (TPSA) is 55.1 Å². The zero-order valence-electron chi connectivity index (χ0n) is 10.8. The Morgan fingerprint density at radius 1 is 1.37 bits per heavy atom. The third-order valence-electron chi connectivity index (χ3n) is 3.31. The molecule has 1 amide bonds. The van der Waals surface area contributed by atoms with E-state index in [1.807, 2.05) is 0 Å². The third kappa shape index (κ3) is 4.42. The summed E-state index contributed by atoms with van der Waals surface area (Å²) in [6.07, 6.45) is 5.81. The summed E-state index contributed by atoms with van der Waals surface area (Å²) in [6.45, 7) is 0. The first kappa shape index (κ1) is 14.2. The lowest BCUT2D eigenvalue weighted by Crippen LogP contribution is -2.37. The number of halogens is 1. The molecule has 0 aromatic heterocycles. The molecular weight excluding hydrogens is 263 g/mol. The van der Waals surface area contributed by atoms with Crippen LogP contribution < -0.4 is 11.1 Å². The van der Waals surface area contributed by atoms with Crippen LogP contribution in [0, 0.1) is 5.82 Å². The number of carbonyl (C=O) groups is 1. The summed E-state index contributed by atoms with van der Waals surface area (Å²) in [4.78, 5) is 12.5. The third-order valence-corrected chi connectivity index (χ3v) is 4.31. The van der Waals surface area contributed by atoms with Gasteiger partial charge in [-0.1, -0.05) is 19.3 Å². The molecular formula is C14H19FN2OS. The quantitative estimate of drug-likeness (QED) is 0.659. The molecule has 0 unspecified atom stereocenters. The zero-order chi connectivity index (χ0) is 13.7. The second-order valence-electron chi connectivity index (χ2n) is 4.87. The van der Waals surface area contributed by atoms with Crippen molar-refractivity contribution in [2.24, 2.45) is 0 Å². The zero-order valence-corrected chi connectivity index (χ0v) is 11.6. The first-order valence-corrected chi connectivity index (χ1v) is 7.61. The summed E-state index contributed by atoms with van der Waals surface area (Å²) in [7, 11) is 0. The van der Waals surface area contributed by atoms with Gasteiger partial charge in [-0.3, -0.25) is 4.79 Å². The van der Waals surface area contributed by atoms with Gasteiger partial charge in [0.05, 0.1) is 11.4 Å². The van der Waals surface area contributed by atoms with Gasteiger partial charge in [0.25, 0.3) is 0 Å². The van der Waals surface area contributed by atoms with Crippen LogP contribution in [0.1, 0.15) is 32.1 Å². The van der Waals surface area contributed by atoms with Crippen molar-refractivity contribution in [3.05, 3.63) is 24.0 Å². The lowest BCUT2D eigenvalue weighted by molar-refractivity contribution is -0.119. The highest BCUT2D eigenvalue weighted by Crippen LogP contribution is 2.22. The van der Waals surface area contributed by atoms with Crippen LogP contribution >= 0.6 is 11.8 Å². The van der Waals surface area contributed by atoms with Gasteiger partial charge in [-0.15, -0.1) is 11.8 Å². The van der Waals surface area contributed by atoms with E-state index in [-0.39, 0.29) is 11.6 Å². The van der Waals surface area contributed by atoms with Crippen LogP contribution in [-0.2, 0) is 4.79 Å². The Hall–Kier alpha value is -1.23.